The number of hydrogen-bond acceptors (Lipinski definition) is 2. The summed E-state index contributed by atoms with van der Waals surface area (Å²) < 4.78 is 5.36. The van der Waals surface area contributed by atoms with Crippen molar-refractivity contribution in [2.24, 2.45) is 0 Å². The van der Waals surface area contributed by atoms with E-state index >= 15 is 0 Å². The molecule has 1 rings (SSSR count). The van der Waals surface area contributed by atoms with Crippen molar-refractivity contribution in [2.75, 3.05) is 12.5 Å². The zero-order chi connectivity index (χ0) is 10.2. The van der Waals surface area contributed by atoms with Gasteiger partial charge < -0.3 is 4.74 Å². The van der Waals surface area contributed by atoms with Crippen molar-refractivity contribution in [1.29, 1.82) is 0 Å². The van der Waals surface area contributed by atoms with Crippen LogP contribution in [0.2, 0.25) is 0 Å². The van der Waals surface area contributed by atoms with Crippen LogP contribution in [0.1, 0.15) is 22.3 Å². The summed E-state index contributed by atoms with van der Waals surface area (Å²) in [4.78, 5) is 10.4. The molecule has 0 unspecified atom stereocenters. The fraction of sp³-hybridized carbons (Fsp3) is 0.364. The average molecular weight is 213 g/mol. The number of carbonyl (C=O) groups excluding carboxylic acids is 1. The quantitative estimate of drug-likeness (QED) is 0.412. The van der Waals surface area contributed by atoms with Gasteiger partial charge in [0.1, 0.15) is 6.29 Å². The molecule has 0 saturated carbocycles. The van der Waals surface area contributed by atoms with Gasteiger partial charge in [-0.2, -0.15) is 0 Å². The van der Waals surface area contributed by atoms with Gasteiger partial charge in [-0.1, -0.05) is 24.3 Å². The first-order valence-electron chi connectivity index (χ1n) is 4.54. The molecule has 76 valence electrons. The Balaban J connectivity index is 2.32. The molecule has 0 N–H and O–H groups in total. The Kier molecular flexibility index (Phi) is 5.27. The lowest BCUT2D eigenvalue weighted by Crippen LogP contribution is -1.96. The van der Waals surface area contributed by atoms with Crippen LogP contribution in [-0.2, 0) is 11.3 Å². The van der Waals surface area contributed by atoms with Crippen LogP contribution < -0.4 is 0 Å². The van der Waals surface area contributed by atoms with E-state index in [2.05, 4.69) is 0 Å². The van der Waals surface area contributed by atoms with Gasteiger partial charge in [-0.3, -0.25) is 4.79 Å². The minimum absolute atomic E-state index is 0.579. The normalized spacial score (nSPS) is 10.1. The highest BCUT2D eigenvalue weighted by molar-refractivity contribution is 6.17. The number of aldehydes is 1. The first kappa shape index (κ1) is 11.2. The van der Waals surface area contributed by atoms with Gasteiger partial charge in [0.15, 0.2) is 0 Å². The second kappa shape index (κ2) is 6.57. The highest BCUT2D eigenvalue weighted by atomic mass is 35.5. The van der Waals surface area contributed by atoms with Gasteiger partial charge in [-0.05, 0) is 12.0 Å². The number of halogens is 1. The van der Waals surface area contributed by atoms with Gasteiger partial charge in [0.2, 0.25) is 0 Å². The summed E-state index contributed by atoms with van der Waals surface area (Å²) in [6.07, 6.45) is 1.70. The van der Waals surface area contributed by atoms with Crippen LogP contribution in [0, 0.1) is 0 Å². The van der Waals surface area contributed by atoms with E-state index in [1.807, 2.05) is 12.1 Å². The molecule has 0 aromatic heterocycles. The first-order chi connectivity index (χ1) is 6.86. The van der Waals surface area contributed by atoms with Crippen LogP contribution in [0.4, 0.5) is 0 Å². The second-order valence-electron chi connectivity index (χ2n) is 2.95. The number of rotatable bonds is 6. The zero-order valence-corrected chi connectivity index (χ0v) is 8.67. The summed E-state index contributed by atoms with van der Waals surface area (Å²) in [5.74, 6) is 0.629. The molecule has 0 amide bonds. The fourth-order valence-electron chi connectivity index (χ4n) is 1.04. The molecule has 1 aromatic carbocycles. The summed E-state index contributed by atoms with van der Waals surface area (Å²) in [5, 5.41) is 0. The summed E-state index contributed by atoms with van der Waals surface area (Å²) in [6, 6.07) is 7.36. The number of benzene rings is 1. The van der Waals surface area contributed by atoms with Gasteiger partial charge in [-0.15, -0.1) is 11.6 Å². The molecule has 2 nitrogen and oxygen atoms in total. The molecular weight excluding hydrogens is 200 g/mol. The van der Waals surface area contributed by atoms with Crippen LogP contribution in [0.15, 0.2) is 24.3 Å². The van der Waals surface area contributed by atoms with Crippen LogP contribution in [0.25, 0.3) is 0 Å². The molecule has 0 spiro atoms. The molecule has 0 radical (unpaired) electrons. The molecule has 3 heteroatoms. The van der Waals surface area contributed by atoms with E-state index < -0.39 is 0 Å². The SMILES string of the molecule is O=Cc1ccc(COCCCCl)cc1. The molecule has 0 bridgehead atoms. The van der Waals surface area contributed by atoms with Crippen molar-refractivity contribution in [3.8, 4) is 0 Å². The Morgan fingerprint density at radius 2 is 2.00 bits per heavy atom. The Morgan fingerprint density at radius 3 is 2.57 bits per heavy atom. The molecule has 0 saturated heterocycles. The average Bonchev–Trinajstić information content (AvgIpc) is 2.25. The maximum absolute atomic E-state index is 10.4. The maximum atomic E-state index is 10.4. The highest BCUT2D eigenvalue weighted by Crippen LogP contribution is 2.04. The van der Waals surface area contributed by atoms with Gasteiger partial charge in [0, 0.05) is 18.1 Å². The lowest BCUT2D eigenvalue weighted by molar-refractivity contribution is 0.112. The third-order valence-electron chi connectivity index (χ3n) is 1.81. The van der Waals surface area contributed by atoms with E-state index in [4.69, 9.17) is 16.3 Å². The van der Waals surface area contributed by atoms with E-state index in [-0.39, 0.29) is 0 Å². The van der Waals surface area contributed by atoms with Gasteiger partial charge in [0.25, 0.3) is 0 Å². The lowest BCUT2D eigenvalue weighted by Gasteiger charge is -2.02. The first-order valence-corrected chi connectivity index (χ1v) is 5.08. The molecule has 0 aliphatic rings. The predicted molar refractivity (Wildman–Crippen MR) is 56.8 cm³/mol. The topological polar surface area (TPSA) is 26.3 Å². The summed E-state index contributed by atoms with van der Waals surface area (Å²) in [6.45, 7) is 1.26. The standard InChI is InChI=1S/C11H13ClO2/c12-6-1-7-14-9-11-4-2-10(8-13)3-5-11/h2-5,8H,1,6-7,9H2. The van der Waals surface area contributed by atoms with Gasteiger partial charge in [0.05, 0.1) is 6.61 Å². The second-order valence-corrected chi connectivity index (χ2v) is 3.33. The van der Waals surface area contributed by atoms with E-state index in [1.165, 1.54) is 0 Å². The van der Waals surface area contributed by atoms with Gasteiger partial charge >= 0.3 is 0 Å². The maximum Gasteiger partial charge on any atom is 0.150 e. The molecule has 0 heterocycles. The molecule has 0 aliphatic carbocycles. The Labute approximate surface area is 88.8 Å². The van der Waals surface area contributed by atoms with Crippen molar-refractivity contribution in [1.82, 2.24) is 0 Å². The smallest absolute Gasteiger partial charge is 0.150 e. The number of carbonyl (C=O) groups is 1. The third-order valence-corrected chi connectivity index (χ3v) is 2.07. The monoisotopic (exact) mass is 212 g/mol. The minimum Gasteiger partial charge on any atom is -0.377 e. The van der Waals surface area contributed by atoms with Crippen molar-refractivity contribution < 1.29 is 9.53 Å². The van der Waals surface area contributed by atoms with E-state index in [9.17, 15) is 4.79 Å². The summed E-state index contributed by atoms with van der Waals surface area (Å²) >= 11 is 5.50. The molecule has 14 heavy (non-hydrogen) atoms. The van der Waals surface area contributed by atoms with Crippen LogP contribution in [0.5, 0.6) is 0 Å². The van der Waals surface area contributed by atoms with Gasteiger partial charge in [-0.25, -0.2) is 0 Å². The number of hydrogen-bond donors (Lipinski definition) is 0. The lowest BCUT2D eigenvalue weighted by atomic mass is 10.2. The van der Waals surface area contributed by atoms with Crippen LogP contribution in [-0.4, -0.2) is 18.8 Å². The fourth-order valence-corrected chi connectivity index (χ4v) is 1.15. The van der Waals surface area contributed by atoms with E-state index in [1.54, 1.807) is 12.1 Å². The summed E-state index contributed by atoms with van der Waals surface area (Å²) in [5.41, 5.74) is 1.76. The Bertz CT molecular complexity index is 269. The van der Waals surface area contributed by atoms with Crippen LogP contribution in [0.3, 0.4) is 0 Å². The molecular formula is C11H13ClO2. The largest absolute Gasteiger partial charge is 0.377 e. The van der Waals surface area contributed by atoms with Crippen molar-refractivity contribution in [3.63, 3.8) is 0 Å². The molecule has 1 aromatic rings. The summed E-state index contributed by atoms with van der Waals surface area (Å²) in [7, 11) is 0. The number of alkyl halides is 1. The van der Waals surface area contributed by atoms with E-state index in [0.717, 1.165) is 18.3 Å². The molecule has 0 atom stereocenters. The Hall–Kier alpha value is -0.860. The van der Waals surface area contributed by atoms with E-state index in [0.29, 0.717) is 24.7 Å². The van der Waals surface area contributed by atoms with Crippen molar-refractivity contribution >= 4 is 17.9 Å². The Morgan fingerprint density at radius 1 is 1.29 bits per heavy atom. The number of ether oxygens (including phenoxy) is 1. The van der Waals surface area contributed by atoms with Crippen molar-refractivity contribution in [2.45, 2.75) is 13.0 Å². The molecule has 0 aliphatic heterocycles. The predicted octanol–water partition coefficient (Wildman–Crippen LogP) is 2.64. The highest BCUT2D eigenvalue weighted by Gasteiger charge is 1.93. The van der Waals surface area contributed by atoms with Crippen LogP contribution >= 0.6 is 11.6 Å². The van der Waals surface area contributed by atoms with Crippen molar-refractivity contribution in [3.05, 3.63) is 35.4 Å². The zero-order valence-electron chi connectivity index (χ0n) is 7.91. The molecule has 0 fully saturated rings. The third kappa shape index (κ3) is 3.90. The minimum atomic E-state index is 0.579.